The van der Waals surface area contributed by atoms with Crippen molar-refractivity contribution in [3.63, 3.8) is 0 Å². The number of aliphatic hydroxyl groups is 1. The van der Waals surface area contributed by atoms with Crippen molar-refractivity contribution in [2.45, 2.75) is 31.4 Å². The summed E-state index contributed by atoms with van der Waals surface area (Å²) >= 11 is 1.81. The standard InChI is InChI=1S/C19H27N3O2S/c23-15(13-21-9-11-24-12-10-21)14-22-8-4-3-6-17(22)19-20-16-5-1-2-7-18(16)25-19/h1-2,5,7,15,17,23H,3-4,6,8-14H2/t15-,17-/m0/s1. The number of para-hydroxylation sites is 1. The number of thiazole rings is 1. The molecule has 2 fully saturated rings. The molecule has 1 aromatic carbocycles. The lowest BCUT2D eigenvalue weighted by molar-refractivity contribution is -0.000530. The van der Waals surface area contributed by atoms with E-state index in [1.807, 2.05) is 11.3 Å². The average Bonchev–Trinajstić information content (AvgIpc) is 3.07. The van der Waals surface area contributed by atoms with Crippen LogP contribution in [-0.4, -0.2) is 71.9 Å². The quantitative estimate of drug-likeness (QED) is 0.887. The number of piperidine rings is 1. The first-order valence-corrected chi connectivity index (χ1v) is 10.2. The zero-order valence-corrected chi connectivity index (χ0v) is 15.5. The van der Waals surface area contributed by atoms with Crippen LogP contribution >= 0.6 is 11.3 Å². The molecule has 0 amide bonds. The van der Waals surface area contributed by atoms with Crippen LogP contribution in [0.25, 0.3) is 10.2 Å². The van der Waals surface area contributed by atoms with Gasteiger partial charge in [0.05, 0.1) is 35.6 Å². The number of β-amino-alcohol motifs (C(OH)–C–C–N with tert-alkyl or cyclic N) is 1. The molecule has 0 bridgehead atoms. The molecule has 0 spiro atoms. The Bertz CT molecular complexity index is 653. The van der Waals surface area contributed by atoms with Gasteiger partial charge in [0.25, 0.3) is 0 Å². The van der Waals surface area contributed by atoms with Crippen molar-refractivity contribution < 1.29 is 9.84 Å². The van der Waals surface area contributed by atoms with Crippen molar-refractivity contribution in [1.82, 2.24) is 14.8 Å². The SMILES string of the molecule is O[C@@H](CN1CCOCC1)CN1CCCC[C@H]1c1nc2ccccc2s1. The van der Waals surface area contributed by atoms with Gasteiger partial charge in [0.2, 0.25) is 0 Å². The van der Waals surface area contributed by atoms with Crippen molar-refractivity contribution in [3.8, 4) is 0 Å². The first-order chi connectivity index (χ1) is 12.3. The van der Waals surface area contributed by atoms with Crippen LogP contribution in [0.15, 0.2) is 24.3 Å². The van der Waals surface area contributed by atoms with Crippen LogP contribution in [0.2, 0.25) is 0 Å². The summed E-state index contributed by atoms with van der Waals surface area (Å²) in [6, 6.07) is 8.73. The Hall–Kier alpha value is -1.05. The Balaban J connectivity index is 1.43. The highest BCUT2D eigenvalue weighted by atomic mass is 32.1. The molecule has 0 saturated carbocycles. The van der Waals surface area contributed by atoms with Crippen LogP contribution in [0.5, 0.6) is 0 Å². The van der Waals surface area contributed by atoms with Crippen molar-refractivity contribution in [2.75, 3.05) is 45.9 Å². The Morgan fingerprint density at radius 3 is 2.84 bits per heavy atom. The van der Waals surface area contributed by atoms with Crippen LogP contribution in [-0.2, 0) is 4.74 Å². The maximum absolute atomic E-state index is 10.6. The van der Waals surface area contributed by atoms with Crippen molar-refractivity contribution in [2.24, 2.45) is 0 Å². The molecule has 2 aliphatic heterocycles. The third kappa shape index (κ3) is 4.20. The minimum atomic E-state index is -0.312. The number of hydrogen-bond donors (Lipinski definition) is 1. The van der Waals surface area contributed by atoms with E-state index in [-0.39, 0.29) is 6.10 Å². The molecule has 0 unspecified atom stereocenters. The summed E-state index contributed by atoms with van der Waals surface area (Å²) in [5.41, 5.74) is 1.10. The lowest BCUT2D eigenvalue weighted by atomic mass is 10.0. The summed E-state index contributed by atoms with van der Waals surface area (Å²) in [6.45, 7) is 5.96. The van der Waals surface area contributed by atoms with Crippen molar-refractivity contribution in [1.29, 1.82) is 0 Å². The van der Waals surface area contributed by atoms with Crippen LogP contribution < -0.4 is 0 Å². The molecule has 3 heterocycles. The molecule has 6 heteroatoms. The van der Waals surface area contributed by atoms with E-state index in [9.17, 15) is 5.11 Å². The molecule has 25 heavy (non-hydrogen) atoms. The normalized spacial score (nSPS) is 24.6. The number of aromatic nitrogens is 1. The number of fused-ring (bicyclic) bond motifs is 1. The highest BCUT2D eigenvalue weighted by Crippen LogP contribution is 2.35. The molecule has 2 atom stereocenters. The number of morpholine rings is 1. The van der Waals surface area contributed by atoms with Gasteiger partial charge in [-0.25, -0.2) is 4.98 Å². The number of hydrogen-bond acceptors (Lipinski definition) is 6. The Morgan fingerprint density at radius 1 is 1.16 bits per heavy atom. The number of benzene rings is 1. The van der Waals surface area contributed by atoms with Crippen LogP contribution in [0.4, 0.5) is 0 Å². The second kappa shape index (κ2) is 8.10. The first kappa shape index (κ1) is 17.4. The van der Waals surface area contributed by atoms with Gasteiger partial charge in [0.15, 0.2) is 0 Å². The number of aliphatic hydroxyl groups excluding tert-OH is 1. The predicted octanol–water partition coefficient (Wildman–Crippen LogP) is 2.52. The van der Waals surface area contributed by atoms with Gasteiger partial charge in [-0.05, 0) is 31.5 Å². The zero-order valence-electron chi connectivity index (χ0n) is 14.6. The van der Waals surface area contributed by atoms with Crippen molar-refractivity contribution in [3.05, 3.63) is 29.3 Å². The molecule has 4 rings (SSSR count). The molecule has 1 N–H and O–H groups in total. The molecule has 2 aliphatic rings. The summed E-state index contributed by atoms with van der Waals surface area (Å²) in [4.78, 5) is 9.64. The van der Waals surface area contributed by atoms with E-state index in [0.717, 1.165) is 57.9 Å². The van der Waals surface area contributed by atoms with E-state index in [4.69, 9.17) is 9.72 Å². The van der Waals surface area contributed by atoms with Gasteiger partial charge in [-0.3, -0.25) is 9.80 Å². The van der Waals surface area contributed by atoms with Crippen LogP contribution in [0.1, 0.15) is 30.3 Å². The molecule has 2 saturated heterocycles. The molecule has 5 nitrogen and oxygen atoms in total. The summed E-state index contributed by atoms with van der Waals surface area (Å²) in [6.07, 6.45) is 3.29. The number of ether oxygens (including phenoxy) is 1. The monoisotopic (exact) mass is 361 g/mol. The number of nitrogens with zero attached hydrogens (tertiary/aromatic N) is 3. The highest BCUT2D eigenvalue weighted by molar-refractivity contribution is 7.18. The molecule has 2 aromatic rings. The fraction of sp³-hybridized carbons (Fsp3) is 0.632. The minimum absolute atomic E-state index is 0.312. The minimum Gasteiger partial charge on any atom is -0.390 e. The van der Waals surface area contributed by atoms with Crippen molar-refractivity contribution >= 4 is 21.6 Å². The molecule has 1 aromatic heterocycles. The maximum Gasteiger partial charge on any atom is 0.111 e. The first-order valence-electron chi connectivity index (χ1n) is 9.37. The van der Waals surface area contributed by atoms with E-state index in [1.165, 1.54) is 22.5 Å². The van der Waals surface area contributed by atoms with Gasteiger partial charge in [-0.2, -0.15) is 0 Å². The summed E-state index contributed by atoms with van der Waals surface area (Å²) in [5.74, 6) is 0. The van der Waals surface area contributed by atoms with Crippen LogP contribution in [0.3, 0.4) is 0 Å². The average molecular weight is 362 g/mol. The second-order valence-corrected chi connectivity index (χ2v) is 8.16. The van der Waals surface area contributed by atoms with Gasteiger partial charge in [0, 0.05) is 26.2 Å². The van der Waals surface area contributed by atoms with E-state index in [1.54, 1.807) is 0 Å². The van der Waals surface area contributed by atoms with Gasteiger partial charge in [0.1, 0.15) is 5.01 Å². The molecular weight excluding hydrogens is 334 g/mol. The smallest absolute Gasteiger partial charge is 0.111 e. The lowest BCUT2D eigenvalue weighted by Crippen LogP contribution is -2.46. The van der Waals surface area contributed by atoms with Gasteiger partial charge < -0.3 is 9.84 Å². The van der Waals surface area contributed by atoms with E-state index >= 15 is 0 Å². The molecule has 0 radical (unpaired) electrons. The zero-order chi connectivity index (χ0) is 17.1. The summed E-state index contributed by atoms with van der Waals surface area (Å²) in [7, 11) is 0. The van der Waals surface area contributed by atoms with E-state index in [2.05, 4.69) is 34.1 Å². The van der Waals surface area contributed by atoms with E-state index in [0.29, 0.717) is 6.04 Å². The maximum atomic E-state index is 10.6. The molecule has 136 valence electrons. The predicted molar refractivity (Wildman–Crippen MR) is 101 cm³/mol. The third-order valence-corrected chi connectivity index (χ3v) is 6.36. The Kier molecular flexibility index (Phi) is 5.63. The highest BCUT2D eigenvalue weighted by Gasteiger charge is 2.28. The molecular formula is C19H27N3O2S. The number of likely N-dealkylation sites (tertiary alicyclic amines) is 1. The fourth-order valence-electron chi connectivity index (χ4n) is 3.93. The largest absolute Gasteiger partial charge is 0.390 e. The topological polar surface area (TPSA) is 48.8 Å². The summed E-state index contributed by atoms with van der Waals surface area (Å²) in [5, 5.41) is 11.8. The molecule has 0 aliphatic carbocycles. The Morgan fingerprint density at radius 2 is 2.00 bits per heavy atom. The van der Waals surface area contributed by atoms with Gasteiger partial charge in [-0.1, -0.05) is 18.6 Å². The van der Waals surface area contributed by atoms with Gasteiger partial charge in [-0.15, -0.1) is 11.3 Å². The second-order valence-electron chi connectivity index (χ2n) is 7.09. The number of rotatable bonds is 5. The lowest BCUT2D eigenvalue weighted by Gasteiger charge is -2.37. The van der Waals surface area contributed by atoms with Crippen LogP contribution in [0, 0.1) is 0 Å². The summed E-state index contributed by atoms with van der Waals surface area (Å²) < 4.78 is 6.66. The Labute approximate surface area is 153 Å². The fourth-order valence-corrected chi connectivity index (χ4v) is 5.07. The van der Waals surface area contributed by atoms with E-state index < -0.39 is 0 Å². The third-order valence-electron chi connectivity index (χ3n) is 5.23. The van der Waals surface area contributed by atoms with Gasteiger partial charge >= 0.3 is 0 Å².